The zero-order valence-electron chi connectivity index (χ0n) is 9.05. The lowest BCUT2D eigenvalue weighted by molar-refractivity contribution is -0.156. The third-order valence-corrected chi connectivity index (χ3v) is 4.60. The highest BCUT2D eigenvalue weighted by atomic mass is 16.5. The molecule has 4 heteroatoms. The van der Waals surface area contributed by atoms with E-state index >= 15 is 0 Å². The molecule has 2 bridgehead atoms. The highest BCUT2D eigenvalue weighted by molar-refractivity contribution is 5.84. The molecule has 4 atom stereocenters. The van der Waals surface area contributed by atoms with Gasteiger partial charge in [0.15, 0.2) is 0 Å². The Morgan fingerprint density at radius 2 is 1.81 bits per heavy atom. The first kappa shape index (κ1) is 9.87. The molecule has 2 saturated carbocycles. The highest BCUT2D eigenvalue weighted by Gasteiger charge is 2.70. The number of carbonyl (C=O) groups excluding carboxylic acids is 1. The Labute approximate surface area is 93.3 Å². The Bertz CT molecular complexity index is 394. The second-order valence-corrected chi connectivity index (χ2v) is 5.08. The zero-order valence-corrected chi connectivity index (χ0v) is 9.05. The van der Waals surface area contributed by atoms with E-state index in [-0.39, 0.29) is 23.2 Å². The number of methoxy groups -OCH3 is 1. The molecular formula is C12H14O4. The molecule has 0 saturated heterocycles. The maximum atomic E-state index is 11.7. The monoisotopic (exact) mass is 222 g/mol. The van der Waals surface area contributed by atoms with E-state index in [0.29, 0.717) is 0 Å². The molecule has 0 aromatic rings. The molecule has 86 valence electrons. The number of hydrogen-bond acceptors (Lipinski definition) is 3. The van der Waals surface area contributed by atoms with Gasteiger partial charge in [0, 0.05) is 0 Å². The number of aliphatic carboxylic acids is 1. The van der Waals surface area contributed by atoms with Crippen LogP contribution < -0.4 is 0 Å². The van der Waals surface area contributed by atoms with Gasteiger partial charge in [0.2, 0.25) is 0 Å². The van der Waals surface area contributed by atoms with Crippen molar-refractivity contribution in [3.63, 3.8) is 0 Å². The Hall–Kier alpha value is -1.32. The summed E-state index contributed by atoms with van der Waals surface area (Å²) in [6.45, 7) is 0. The van der Waals surface area contributed by atoms with Crippen LogP contribution in [0.3, 0.4) is 0 Å². The van der Waals surface area contributed by atoms with Gasteiger partial charge in [0.25, 0.3) is 0 Å². The van der Waals surface area contributed by atoms with Gasteiger partial charge < -0.3 is 9.84 Å². The summed E-state index contributed by atoms with van der Waals surface area (Å²) >= 11 is 0. The van der Waals surface area contributed by atoms with E-state index in [1.165, 1.54) is 7.11 Å². The first-order valence-corrected chi connectivity index (χ1v) is 5.61. The van der Waals surface area contributed by atoms with Crippen LogP contribution in [-0.2, 0) is 14.3 Å². The lowest BCUT2D eigenvalue weighted by Gasteiger charge is -2.21. The standard InChI is InChI=1S/C12H14O4/c1-16-11(15)9-7-3-2-6(8(9)10(13)14)12(7)4-5-12/h2-3,6-9H,4-5H2,1H3,(H,13,14). The zero-order chi connectivity index (χ0) is 11.5. The third-order valence-electron chi connectivity index (χ3n) is 4.60. The van der Waals surface area contributed by atoms with Gasteiger partial charge in [-0.05, 0) is 30.1 Å². The minimum Gasteiger partial charge on any atom is -0.481 e. The number of allylic oxidation sites excluding steroid dienone is 2. The molecular weight excluding hydrogens is 208 g/mol. The molecule has 3 aliphatic carbocycles. The van der Waals surface area contributed by atoms with Gasteiger partial charge in [-0.2, -0.15) is 0 Å². The lowest BCUT2D eigenvalue weighted by atomic mass is 9.83. The molecule has 1 spiro atoms. The highest BCUT2D eigenvalue weighted by Crippen LogP contribution is 2.72. The molecule has 0 amide bonds. The molecule has 4 unspecified atom stereocenters. The summed E-state index contributed by atoms with van der Waals surface area (Å²) in [5.41, 5.74) is 0.0852. The Morgan fingerprint density at radius 3 is 2.25 bits per heavy atom. The Balaban J connectivity index is 2.01. The quantitative estimate of drug-likeness (QED) is 0.560. The second-order valence-electron chi connectivity index (χ2n) is 5.08. The van der Waals surface area contributed by atoms with Gasteiger partial charge in [-0.1, -0.05) is 12.2 Å². The summed E-state index contributed by atoms with van der Waals surface area (Å²) in [6.07, 6.45) is 6.12. The van der Waals surface area contributed by atoms with Gasteiger partial charge in [-0.15, -0.1) is 0 Å². The summed E-state index contributed by atoms with van der Waals surface area (Å²) < 4.78 is 4.75. The van der Waals surface area contributed by atoms with Crippen molar-refractivity contribution < 1.29 is 19.4 Å². The molecule has 0 aliphatic heterocycles. The summed E-state index contributed by atoms with van der Waals surface area (Å²) in [5.74, 6) is -2.15. The van der Waals surface area contributed by atoms with E-state index < -0.39 is 17.8 Å². The van der Waals surface area contributed by atoms with Crippen molar-refractivity contribution in [3.8, 4) is 0 Å². The normalized spacial score (nSPS) is 41.3. The van der Waals surface area contributed by atoms with E-state index in [0.717, 1.165) is 12.8 Å². The lowest BCUT2D eigenvalue weighted by Crippen LogP contribution is -2.33. The van der Waals surface area contributed by atoms with Crippen molar-refractivity contribution >= 4 is 11.9 Å². The molecule has 0 aromatic carbocycles. The van der Waals surface area contributed by atoms with Gasteiger partial charge in [-0.25, -0.2) is 0 Å². The van der Waals surface area contributed by atoms with Crippen LogP contribution in [0.1, 0.15) is 12.8 Å². The number of carboxylic acids is 1. The van der Waals surface area contributed by atoms with Gasteiger partial charge in [-0.3, -0.25) is 9.59 Å². The van der Waals surface area contributed by atoms with Crippen molar-refractivity contribution in [1.82, 2.24) is 0 Å². The second kappa shape index (κ2) is 2.87. The van der Waals surface area contributed by atoms with Gasteiger partial charge in [0.1, 0.15) is 0 Å². The molecule has 0 aromatic heterocycles. The molecule has 2 fully saturated rings. The molecule has 1 N–H and O–H groups in total. The van der Waals surface area contributed by atoms with E-state index in [1.54, 1.807) is 0 Å². The van der Waals surface area contributed by atoms with Crippen LogP contribution in [0.25, 0.3) is 0 Å². The maximum Gasteiger partial charge on any atom is 0.310 e. The molecule has 3 rings (SSSR count). The van der Waals surface area contributed by atoms with E-state index in [9.17, 15) is 14.7 Å². The minimum absolute atomic E-state index is 0.0408. The van der Waals surface area contributed by atoms with Crippen LogP contribution in [0.4, 0.5) is 0 Å². The smallest absolute Gasteiger partial charge is 0.310 e. The number of rotatable bonds is 2. The first-order chi connectivity index (χ1) is 7.62. The van der Waals surface area contributed by atoms with Crippen LogP contribution in [0, 0.1) is 29.1 Å². The fraction of sp³-hybridized carbons (Fsp3) is 0.667. The fourth-order valence-electron chi connectivity index (χ4n) is 3.79. The Morgan fingerprint density at radius 1 is 1.25 bits per heavy atom. The van der Waals surface area contributed by atoms with E-state index in [2.05, 4.69) is 0 Å². The number of carboxylic acid groups (broad SMARTS) is 1. The first-order valence-electron chi connectivity index (χ1n) is 5.61. The van der Waals surface area contributed by atoms with Crippen LogP contribution in [0.2, 0.25) is 0 Å². The number of carbonyl (C=O) groups is 2. The molecule has 4 nitrogen and oxygen atoms in total. The van der Waals surface area contributed by atoms with Crippen molar-refractivity contribution in [2.45, 2.75) is 12.8 Å². The average molecular weight is 222 g/mol. The van der Waals surface area contributed by atoms with Crippen molar-refractivity contribution in [2.75, 3.05) is 7.11 Å². The van der Waals surface area contributed by atoms with Gasteiger partial charge in [0.05, 0.1) is 18.9 Å². The molecule has 0 heterocycles. The maximum absolute atomic E-state index is 11.7. The Kier molecular flexibility index (Phi) is 1.77. The predicted molar refractivity (Wildman–Crippen MR) is 54.4 cm³/mol. The van der Waals surface area contributed by atoms with Crippen LogP contribution in [0.5, 0.6) is 0 Å². The molecule has 3 aliphatic rings. The largest absolute Gasteiger partial charge is 0.481 e. The van der Waals surface area contributed by atoms with Crippen molar-refractivity contribution in [1.29, 1.82) is 0 Å². The van der Waals surface area contributed by atoms with Gasteiger partial charge >= 0.3 is 11.9 Å². The summed E-state index contributed by atoms with van der Waals surface area (Å²) in [7, 11) is 1.33. The van der Waals surface area contributed by atoms with Crippen molar-refractivity contribution in [2.24, 2.45) is 29.1 Å². The van der Waals surface area contributed by atoms with E-state index in [1.807, 2.05) is 12.2 Å². The van der Waals surface area contributed by atoms with Crippen molar-refractivity contribution in [3.05, 3.63) is 12.2 Å². The van der Waals surface area contributed by atoms with E-state index in [4.69, 9.17) is 4.74 Å². The molecule has 0 radical (unpaired) electrons. The third kappa shape index (κ3) is 0.950. The summed E-state index contributed by atoms with van der Waals surface area (Å²) in [4.78, 5) is 23.0. The average Bonchev–Trinajstić information content (AvgIpc) is 2.92. The number of hydrogen-bond donors (Lipinski definition) is 1. The summed E-state index contributed by atoms with van der Waals surface area (Å²) in [5, 5.41) is 9.27. The predicted octanol–water partition coefficient (Wildman–Crippen LogP) is 1.07. The number of esters is 1. The topological polar surface area (TPSA) is 63.6 Å². The summed E-state index contributed by atoms with van der Waals surface area (Å²) in [6, 6.07) is 0. The van der Waals surface area contributed by atoms with Crippen LogP contribution >= 0.6 is 0 Å². The SMILES string of the molecule is COC(=O)C1C(C(=O)O)C2C=CC1C21CC1. The van der Waals surface area contributed by atoms with Crippen LogP contribution in [0.15, 0.2) is 12.2 Å². The minimum atomic E-state index is -0.862. The fourth-order valence-corrected chi connectivity index (χ4v) is 3.79. The molecule has 16 heavy (non-hydrogen) atoms. The number of ether oxygens (including phenoxy) is 1. The van der Waals surface area contributed by atoms with Crippen LogP contribution in [-0.4, -0.2) is 24.2 Å².